The molecular formula is C14H23AsCl3N5S. The molecule has 0 bridgehead atoms. The summed E-state index contributed by atoms with van der Waals surface area (Å²) in [6.07, 6.45) is 2.44. The fraction of sp³-hybridized carbons (Fsp3) is 0.357. The number of hydrogen-bond acceptors (Lipinski definition) is 5. The van der Waals surface area contributed by atoms with E-state index in [2.05, 4.69) is 21.9 Å². The van der Waals surface area contributed by atoms with Gasteiger partial charge in [0, 0.05) is 0 Å². The predicted octanol–water partition coefficient (Wildman–Crippen LogP) is 3.53. The van der Waals surface area contributed by atoms with Gasteiger partial charge in [0.05, 0.1) is 0 Å². The molecule has 1 atom stereocenters. The second kappa shape index (κ2) is 13.9. The van der Waals surface area contributed by atoms with E-state index in [0.717, 1.165) is 21.7 Å². The van der Waals surface area contributed by atoms with Crippen LogP contribution >= 0.6 is 48.6 Å². The molecule has 0 aliphatic rings. The molecule has 136 valence electrons. The van der Waals surface area contributed by atoms with Crippen LogP contribution in [-0.4, -0.2) is 30.3 Å². The quantitative estimate of drug-likeness (QED) is 0.278. The van der Waals surface area contributed by atoms with Crippen molar-refractivity contribution in [1.29, 1.82) is 0 Å². The normalized spacial score (nSPS) is 10.8. The van der Waals surface area contributed by atoms with Crippen LogP contribution in [-0.2, 0) is 6.54 Å². The number of aromatic nitrogens is 2. The van der Waals surface area contributed by atoms with Gasteiger partial charge < -0.3 is 0 Å². The van der Waals surface area contributed by atoms with Crippen LogP contribution in [0.3, 0.4) is 0 Å². The van der Waals surface area contributed by atoms with E-state index in [1.165, 1.54) is 29.4 Å². The Bertz CT molecular complexity index is 624. The van der Waals surface area contributed by atoms with Crippen LogP contribution in [0.15, 0.2) is 28.6 Å². The summed E-state index contributed by atoms with van der Waals surface area (Å²) in [4.78, 5) is 13.4. The smallest absolute Gasteiger partial charge is 0.147 e. The number of amidine groups is 1. The van der Waals surface area contributed by atoms with E-state index in [9.17, 15) is 0 Å². The molecule has 5 nitrogen and oxygen atoms in total. The Labute approximate surface area is 172 Å². The SMILES string of the molecule is CCCC[AsH]/C(N)=N/c1nc(-c2cccc(CN)n2)cs1.Cl.Cl.Cl. The number of thiazole rings is 1. The Balaban J connectivity index is 0. The molecule has 0 aromatic carbocycles. The van der Waals surface area contributed by atoms with E-state index in [0.29, 0.717) is 11.7 Å². The van der Waals surface area contributed by atoms with Gasteiger partial charge in [-0.15, -0.1) is 37.2 Å². The summed E-state index contributed by atoms with van der Waals surface area (Å²) < 4.78 is 0.771. The van der Waals surface area contributed by atoms with E-state index in [1.54, 1.807) is 0 Å². The van der Waals surface area contributed by atoms with E-state index in [1.807, 2.05) is 23.6 Å². The standard InChI is InChI=1S/C14H20AsN5S.3ClH/c1-2-3-7-15-13(17)20-14-19-12(9-21-14)11-6-4-5-10(8-16)18-11;;;/h4-6,9,15H,2-3,7-8,16H2,1H3,(H2,17,19,20);3*1H. The number of nitrogens with two attached hydrogens (primary N) is 2. The fourth-order valence-electron chi connectivity index (χ4n) is 1.70. The molecule has 1 unspecified atom stereocenters. The maximum absolute atomic E-state index is 5.98. The molecule has 0 amide bonds. The Kier molecular flexibility index (Phi) is 15.0. The van der Waals surface area contributed by atoms with Gasteiger partial charge >= 0.3 is 135 Å². The number of unbranched alkanes of at least 4 members (excludes halogenated alkanes) is 1. The summed E-state index contributed by atoms with van der Waals surface area (Å²) in [5.41, 5.74) is 14.1. The van der Waals surface area contributed by atoms with Crippen molar-refractivity contribution in [2.45, 2.75) is 31.5 Å². The average Bonchev–Trinajstić information content (AvgIpc) is 2.96. The number of rotatable bonds is 7. The third-order valence-electron chi connectivity index (χ3n) is 2.82. The zero-order chi connectivity index (χ0) is 15.1. The fourth-order valence-corrected chi connectivity index (χ4v) is 4.61. The molecule has 2 rings (SSSR count). The Morgan fingerprint density at radius 2 is 1.96 bits per heavy atom. The second-order valence-corrected chi connectivity index (χ2v) is 8.21. The Morgan fingerprint density at radius 3 is 2.62 bits per heavy atom. The molecule has 4 N–H and O–H groups in total. The van der Waals surface area contributed by atoms with Gasteiger partial charge in [-0.1, -0.05) is 0 Å². The first kappa shape index (κ1) is 25.9. The third-order valence-corrected chi connectivity index (χ3v) is 5.82. The first-order chi connectivity index (χ1) is 10.2. The van der Waals surface area contributed by atoms with Crippen LogP contribution in [0.25, 0.3) is 11.4 Å². The largest absolute Gasteiger partial charge is 0.147 e. The molecule has 0 fully saturated rings. The van der Waals surface area contributed by atoms with Crippen molar-refractivity contribution in [2.75, 3.05) is 0 Å². The van der Waals surface area contributed by atoms with Gasteiger partial charge in [0.15, 0.2) is 0 Å². The molecule has 2 aromatic rings. The number of aliphatic imine (C=N–C) groups is 1. The van der Waals surface area contributed by atoms with Crippen molar-refractivity contribution in [3.05, 3.63) is 29.3 Å². The molecule has 0 saturated carbocycles. The first-order valence-electron chi connectivity index (χ1n) is 6.93. The number of nitrogens with zero attached hydrogens (tertiary/aromatic N) is 3. The zero-order valence-corrected chi connectivity index (χ0v) is 18.6. The first-order valence-corrected chi connectivity index (χ1v) is 10.3. The molecule has 24 heavy (non-hydrogen) atoms. The molecule has 0 saturated heterocycles. The van der Waals surface area contributed by atoms with Crippen molar-refractivity contribution in [1.82, 2.24) is 9.97 Å². The molecule has 0 radical (unpaired) electrons. The van der Waals surface area contributed by atoms with E-state index < -0.39 is 0 Å². The van der Waals surface area contributed by atoms with Gasteiger partial charge in [0.2, 0.25) is 0 Å². The minimum Gasteiger partial charge on any atom is -0.147 e. The van der Waals surface area contributed by atoms with Gasteiger partial charge in [-0.2, -0.15) is 0 Å². The van der Waals surface area contributed by atoms with Gasteiger partial charge in [-0.05, 0) is 0 Å². The predicted molar refractivity (Wildman–Crippen MR) is 113 cm³/mol. The maximum Gasteiger partial charge on any atom is -0.147 e. The van der Waals surface area contributed by atoms with E-state index in [-0.39, 0.29) is 53.0 Å². The average molecular weight is 475 g/mol. The number of pyridine rings is 1. The minimum absolute atomic E-state index is 0. The summed E-state index contributed by atoms with van der Waals surface area (Å²) in [6.45, 7) is 2.62. The van der Waals surface area contributed by atoms with Crippen LogP contribution in [0.4, 0.5) is 5.13 Å². The van der Waals surface area contributed by atoms with E-state index in [4.69, 9.17) is 11.5 Å². The van der Waals surface area contributed by atoms with E-state index >= 15 is 0 Å². The summed E-state index contributed by atoms with van der Waals surface area (Å²) in [7, 11) is 0. The van der Waals surface area contributed by atoms with Gasteiger partial charge in [0.25, 0.3) is 0 Å². The second-order valence-electron chi connectivity index (χ2n) is 4.51. The summed E-state index contributed by atoms with van der Waals surface area (Å²) in [5, 5.41) is 3.87. The van der Waals surface area contributed by atoms with Gasteiger partial charge in [-0.3, -0.25) is 0 Å². The molecular weight excluding hydrogens is 452 g/mol. The monoisotopic (exact) mass is 473 g/mol. The van der Waals surface area contributed by atoms with Crippen LogP contribution in [0, 0.1) is 0 Å². The molecule has 2 heterocycles. The van der Waals surface area contributed by atoms with Crippen LogP contribution in [0.1, 0.15) is 25.5 Å². The Hall–Kier alpha value is -0.362. The summed E-state index contributed by atoms with van der Waals surface area (Å²) in [6, 6.07) is 5.78. The number of hydrogen-bond donors (Lipinski definition) is 2. The summed E-state index contributed by atoms with van der Waals surface area (Å²) >= 11 is 1.20. The van der Waals surface area contributed by atoms with Crippen molar-refractivity contribution in [2.24, 2.45) is 16.5 Å². The van der Waals surface area contributed by atoms with Crippen LogP contribution in [0.5, 0.6) is 0 Å². The molecule has 2 aromatic heterocycles. The zero-order valence-electron chi connectivity index (χ0n) is 13.3. The molecule has 0 aliphatic carbocycles. The van der Waals surface area contributed by atoms with Gasteiger partial charge in [-0.25, -0.2) is 0 Å². The van der Waals surface area contributed by atoms with Crippen molar-refractivity contribution in [3.8, 4) is 11.4 Å². The van der Waals surface area contributed by atoms with Crippen molar-refractivity contribution < 1.29 is 0 Å². The van der Waals surface area contributed by atoms with Gasteiger partial charge in [0.1, 0.15) is 0 Å². The number of halogens is 3. The van der Waals surface area contributed by atoms with Crippen LogP contribution < -0.4 is 11.5 Å². The van der Waals surface area contributed by atoms with Crippen molar-refractivity contribution in [3.63, 3.8) is 0 Å². The molecule has 0 aliphatic heterocycles. The minimum atomic E-state index is -0.296. The summed E-state index contributed by atoms with van der Waals surface area (Å²) in [5.74, 6) is 0. The third kappa shape index (κ3) is 8.15. The topological polar surface area (TPSA) is 90.2 Å². The molecule has 0 spiro atoms. The van der Waals surface area contributed by atoms with Crippen molar-refractivity contribution >= 4 is 74.1 Å². The van der Waals surface area contributed by atoms with Crippen LogP contribution in [0.2, 0.25) is 5.21 Å². The maximum atomic E-state index is 5.98. The Morgan fingerprint density at radius 1 is 1.21 bits per heavy atom. The molecule has 10 heteroatoms.